The van der Waals surface area contributed by atoms with Crippen LogP contribution in [0.2, 0.25) is 0 Å². The summed E-state index contributed by atoms with van der Waals surface area (Å²) >= 11 is 0. The number of hydrogen-bond donors (Lipinski definition) is 1. The van der Waals surface area contributed by atoms with Crippen molar-refractivity contribution in [1.82, 2.24) is 20.2 Å². The molecule has 0 atom stereocenters. The van der Waals surface area contributed by atoms with Crippen LogP contribution >= 0.6 is 24.0 Å². The van der Waals surface area contributed by atoms with Crippen LogP contribution in [-0.2, 0) is 6.54 Å². The molecule has 26 heavy (non-hydrogen) atoms. The van der Waals surface area contributed by atoms with E-state index in [-0.39, 0.29) is 29.8 Å². The third kappa shape index (κ3) is 5.26. The molecule has 140 valence electrons. The molecule has 0 spiro atoms. The number of rotatable bonds is 3. The van der Waals surface area contributed by atoms with Crippen LogP contribution in [0.3, 0.4) is 0 Å². The second kappa shape index (κ2) is 9.65. The van der Waals surface area contributed by atoms with E-state index in [9.17, 15) is 4.39 Å². The van der Waals surface area contributed by atoms with E-state index in [1.807, 2.05) is 25.1 Å². The Hall–Kier alpha value is -1.97. The van der Waals surface area contributed by atoms with E-state index < -0.39 is 0 Å². The van der Waals surface area contributed by atoms with Crippen molar-refractivity contribution in [2.24, 2.45) is 4.99 Å². The molecule has 0 amide bonds. The van der Waals surface area contributed by atoms with Crippen LogP contribution in [0.25, 0.3) is 0 Å². The van der Waals surface area contributed by atoms with Crippen LogP contribution in [0.1, 0.15) is 11.5 Å². The van der Waals surface area contributed by atoms with Crippen molar-refractivity contribution >= 4 is 35.6 Å². The van der Waals surface area contributed by atoms with E-state index in [0.29, 0.717) is 6.54 Å². The van der Waals surface area contributed by atoms with E-state index in [2.05, 4.69) is 30.1 Å². The lowest BCUT2D eigenvalue weighted by Gasteiger charge is -2.37. The topological polar surface area (TPSA) is 56.7 Å². The van der Waals surface area contributed by atoms with Crippen LogP contribution < -0.4 is 10.2 Å². The van der Waals surface area contributed by atoms with Crippen molar-refractivity contribution in [3.8, 4) is 0 Å². The first-order valence-electron chi connectivity index (χ1n) is 8.40. The minimum Gasteiger partial charge on any atom is -0.368 e. The Kier molecular flexibility index (Phi) is 7.55. The van der Waals surface area contributed by atoms with Gasteiger partial charge in [0.1, 0.15) is 11.6 Å². The highest BCUT2D eigenvalue weighted by atomic mass is 127. The molecule has 6 nitrogen and oxygen atoms in total. The van der Waals surface area contributed by atoms with Crippen LogP contribution in [0.15, 0.2) is 41.5 Å². The van der Waals surface area contributed by atoms with Crippen molar-refractivity contribution in [3.63, 3.8) is 0 Å². The Morgan fingerprint density at radius 1 is 1.15 bits per heavy atom. The number of anilines is 1. The van der Waals surface area contributed by atoms with Crippen LogP contribution in [0.5, 0.6) is 0 Å². The number of guanidine groups is 1. The van der Waals surface area contributed by atoms with Crippen LogP contribution in [0, 0.1) is 12.7 Å². The maximum atomic E-state index is 13.1. The van der Waals surface area contributed by atoms with E-state index in [4.69, 9.17) is 0 Å². The van der Waals surface area contributed by atoms with Gasteiger partial charge in [0.25, 0.3) is 0 Å². The standard InChI is InChI=1S/C18H23FN6.HI/c1-14-21-8-7-16(23-14)13-22-18(20-2)25-11-9-24(10-12-25)17-5-3-15(19)4-6-17;/h3-8H,9-13H2,1-2H3,(H,20,22);1H. The lowest BCUT2D eigenvalue weighted by Crippen LogP contribution is -2.52. The van der Waals surface area contributed by atoms with Gasteiger partial charge in [-0.25, -0.2) is 14.4 Å². The number of aliphatic imine (C=N–C) groups is 1. The lowest BCUT2D eigenvalue weighted by molar-refractivity contribution is 0.372. The Labute approximate surface area is 170 Å². The number of piperazine rings is 1. The Bertz CT molecular complexity index is 729. The number of nitrogens with zero attached hydrogens (tertiary/aromatic N) is 5. The van der Waals surface area contributed by atoms with E-state index in [1.54, 1.807) is 13.2 Å². The molecule has 1 N–H and O–H groups in total. The summed E-state index contributed by atoms with van der Waals surface area (Å²) < 4.78 is 13.1. The first-order chi connectivity index (χ1) is 12.2. The molecule has 1 aromatic carbocycles. The summed E-state index contributed by atoms with van der Waals surface area (Å²) in [5.74, 6) is 1.43. The fraction of sp³-hybridized carbons (Fsp3) is 0.389. The van der Waals surface area contributed by atoms with Gasteiger partial charge in [-0.1, -0.05) is 0 Å². The molecule has 2 heterocycles. The maximum Gasteiger partial charge on any atom is 0.194 e. The van der Waals surface area contributed by atoms with Crippen molar-refractivity contribution < 1.29 is 4.39 Å². The molecule has 0 saturated carbocycles. The predicted molar refractivity (Wildman–Crippen MR) is 113 cm³/mol. The summed E-state index contributed by atoms with van der Waals surface area (Å²) in [6.07, 6.45) is 1.77. The quantitative estimate of drug-likeness (QED) is 0.425. The van der Waals surface area contributed by atoms with Crippen molar-refractivity contribution in [2.45, 2.75) is 13.5 Å². The van der Waals surface area contributed by atoms with Gasteiger partial charge in [-0.3, -0.25) is 4.99 Å². The average molecular weight is 470 g/mol. The van der Waals surface area contributed by atoms with Crippen molar-refractivity contribution in [1.29, 1.82) is 0 Å². The lowest BCUT2D eigenvalue weighted by atomic mass is 10.2. The van der Waals surface area contributed by atoms with E-state index in [1.165, 1.54) is 12.1 Å². The number of halogens is 2. The zero-order chi connectivity index (χ0) is 17.6. The van der Waals surface area contributed by atoms with Gasteiger partial charge in [0.05, 0.1) is 12.2 Å². The first-order valence-corrected chi connectivity index (χ1v) is 8.40. The Morgan fingerprint density at radius 3 is 2.46 bits per heavy atom. The molecule has 0 unspecified atom stereocenters. The smallest absolute Gasteiger partial charge is 0.194 e. The van der Waals surface area contributed by atoms with Gasteiger partial charge in [-0.15, -0.1) is 24.0 Å². The van der Waals surface area contributed by atoms with Gasteiger partial charge < -0.3 is 15.1 Å². The highest BCUT2D eigenvalue weighted by Crippen LogP contribution is 2.17. The zero-order valence-corrected chi connectivity index (χ0v) is 17.4. The Morgan fingerprint density at radius 2 is 1.85 bits per heavy atom. The minimum absolute atomic E-state index is 0. The van der Waals surface area contributed by atoms with Gasteiger partial charge in [0.2, 0.25) is 0 Å². The van der Waals surface area contributed by atoms with E-state index in [0.717, 1.165) is 49.3 Å². The van der Waals surface area contributed by atoms with Crippen molar-refractivity contribution in [3.05, 3.63) is 53.9 Å². The molecular formula is C18H24FIN6. The molecular weight excluding hydrogens is 446 g/mol. The van der Waals surface area contributed by atoms with Gasteiger partial charge in [-0.05, 0) is 37.3 Å². The largest absolute Gasteiger partial charge is 0.368 e. The molecule has 1 fully saturated rings. The molecule has 1 aliphatic heterocycles. The monoisotopic (exact) mass is 470 g/mol. The molecule has 0 aliphatic carbocycles. The highest BCUT2D eigenvalue weighted by Gasteiger charge is 2.19. The highest BCUT2D eigenvalue weighted by molar-refractivity contribution is 14.0. The summed E-state index contributed by atoms with van der Waals surface area (Å²) in [7, 11) is 1.79. The minimum atomic E-state index is -0.202. The van der Waals surface area contributed by atoms with Gasteiger partial charge in [0.15, 0.2) is 5.96 Å². The molecule has 1 saturated heterocycles. The van der Waals surface area contributed by atoms with Crippen LogP contribution in [-0.4, -0.2) is 54.1 Å². The summed E-state index contributed by atoms with van der Waals surface area (Å²) in [4.78, 5) is 17.4. The molecule has 3 rings (SSSR count). The number of nitrogens with one attached hydrogen (secondary N) is 1. The molecule has 0 bridgehead atoms. The van der Waals surface area contributed by atoms with Gasteiger partial charge >= 0.3 is 0 Å². The number of hydrogen-bond acceptors (Lipinski definition) is 4. The van der Waals surface area contributed by atoms with Gasteiger partial charge in [-0.2, -0.15) is 0 Å². The molecule has 8 heteroatoms. The fourth-order valence-electron chi connectivity index (χ4n) is 2.93. The number of aryl methyl sites for hydroxylation is 1. The third-order valence-corrected chi connectivity index (χ3v) is 4.24. The normalized spacial score (nSPS) is 14.8. The average Bonchev–Trinajstić information content (AvgIpc) is 2.63. The molecule has 2 aromatic rings. The summed E-state index contributed by atoms with van der Waals surface area (Å²) in [6, 6.07) is 8.57. The van der Waals surface area contributed by atoms with E-state index >= 15 is 0 Å². The summed E-state index contributed by atoms with van der Waals surface area (Å²) in [6.45, 7) is 5.97. The molecule has 1 aromatic heterocycles. The Balaban J connectivity index is 0.00000243. The van der Waals surface area contributed by atoms with Gasteiger partial charge in [0, 0.05) is 45.1 Å². The molecule has 0 radical (unpaired) electrons. The predicted octanol–water partition coefficient (Wildman–Crippen LogP) is 2.44. The summed E-state index contributed by atoms with van der Waals surface area (Å²) in [5, 5.41) is 3.36. The molecule has 1 aliphatic rings. The van der Waals surface area contributed by atoms with Crippen molar-refractivity contribution in [2.75, 3.05) is 38.1 Å². The van der Waals surface area contributed by atoms with Crippen LogP contribution in [0.4, 0.5) is 10.1 Å². The number of aromatic nitrogens is 2. The maximum absolute atomic E-state index is 13.1. The third-order valence-electron chi connectivity index (χ3n) is 4.24. The SMILES string of the molecule is CN=C(NCc1ccnc(C)n1)N1CCN(c2ccc(F)cc2)CC1.I. The fourth-order valence-corrected chi connectivity index (χ4v) is 2.93. The number of benzene rings is 1. The second-order valence-corrected chi connectivity index (χ2v) is 5.95. The summed E-state index contributed by atoms with van der Waals surface area (Å²) in [5.41, 5.74) is 2.00. The zero-order valence-electron chi connectivity index (χ0n) is 15.0. The second-order valence-electron chi connectivity index (χ2n) is 5.95. The first kappa shape index (κ1) is 20.3.